The number of ether oxygens (including phenoxy) is 1. The number of amides is 2. The van der Waals surface area contributed by atoms with Gasteiger partial charge in [-0.25, -0.2) is 4.79 Å². The van der Waals surface area contributed by atoms with Gasteiger partial charge in [0.2, 0.25) is 11.8 Å². The smallest absolute Gasteiger partial charge is 0.328 e. The van der Waals surface area contributed by atoms with Crippen molar-refractivity contribution in [2.45, 2.75) is 83.9 Å². The van der Waals surface area contributed by atoms with Gasteiger partial charge in [-0.3, -0.25) is 9.59 Å². The van der Waals surface area contributed by atoms with Gasteiger partial charge < -0.3 is 35.4 Å². The predicted octanol–water partition coefficient (Wildman–Crippen LogP) is 3.43. The molecular weight excluding hydrogens is 564 g/mol. The number of aliphatic hydroxyl groups is 1. The molecule has 0 aromatic heterocycles. The molecule has 6 atom stereocenters. The number of nitrogens with one attached hydrogen (secondary N) is 1. The molecular formula is C34H44N2O8. The fourth-order valence-corrected chi connectivity index (χ4v) is 7.90. The summed E-state index contributed by atoms with van der Waals surface area (Å²) < 4.78 is 5.73. The molecule has 2 amide bonds. The normalized spacial score (nSPS) is 26.5. The molecule has 5 rings (SSSR count). The largest absolute Gasteiger partial charge is 0.508 e. The standard InChI is InChI=1S/C34H44N2O8/c1-33(2)29-22(12-14-34(29,33)3)13-16-44-32(43)25-5-4-15-36(25)31(42)24(17-20-6-9-23(37)10-7-20)35-30(41)28(40)19-21-8-11-26(38)27(39)18-21/h6-11,18,22,24-25,28-29,37-40H,4-5,12-17,19H2,1-3H3,(H,35,41). The number of phenols is 3. The second-order valence-corrected chi connectivity index (χ2v) is 13.5. The Morgan fingerprint density at radius 1 is 0.977 bits per heavy atom. The monoisotopic (exact) mass is 608 g/mol. The zero-order valence-electron chi connectivity index (χ0n) is 25.7. The number of nitrogens with zero attached hydrogens (tertiary/aromatic N) is 1. The van der Waals surface area contributed by atoms with Crippen molar-refractivity contribution in [1.29, 1.82) is 0 Å². The van der Waals surface area contributed by atoms with Crippen LogP contribution in [-0.2, 0) is 32.0 Å². The van der Waals surface area contributed by atoms with Gasteiger partial charge in [-0.05, 0) is 90.2 Å². The number of carbonyl (C=O) groups is 3. The zero-order valence-corrected chi connectivity index (χ0v) is 25.7. The van der Waals surface area contributed by atoms with E-state index in [9.17, 15) is 34.8 Å². The number of aliphatic hydroxyl groups excluding tert-OH is 1. The second kappa shape index (κ2) is 12.3. The van der Waals surface area contributed by atoms with Crippen molar-refractivity contribution in [3.8, 4) is 17.2 Å². The number of likely N-dealkylation sites (tertiary alicyclic amines) is 1. The van der Waals surface area contributed by atoms with Crippen LogP contribution in [0.25, 0.3) is 0 Å². The van der Waals surface area contributed by atoms with E-state index in [1.54, 1.807) is 12.1 Å². The number of hydrogen-bond acceptors (Lipinski definition) is 8. The molecule has 1 heterocycles. The van der Waals surface area contributed by atoms with E-state index < -0.39 is 36.0 Å². The number of carbonyl (C=O) groups excluding carboxylic acids is 3. The molecule has 1 aliphatic heterocycles. The molecule has 0 bridgehead atoms. The van der Waals surface area contributed by atoms with Gasteiger partial charge in [0.05, 0.1) is 6.61 Å². The van der Waals surface area contributed by atoms with E-state index in [2.05, 4.69) is 26.1 Å². The van der Waals surface area contributed by atoms with Gasteiger partial charge in [-0.2, -0.15) is 0 Å². The third-order valence-corrected chi connectivity index (χ3v) is 10.7. The Kier molecular flexibility index (Phi) is 8.84. The maximum atomic E-state index is 13.9. The summed E-state index contributed by atoms with van der Waals surface area (Å²) in [7, 11) is 0. The van der Waals surface area contributed by atoms with Crippen LogP contribution in [-0.4, -0.2) is 74.4 Å². The highest BCUT2D eigenvalue weighted by Gasteiger charge is 2.72. The summed E-state index contributed by atoms with van der Waals surface area (Å²) in [6.07, 6.45) is 2.63. The fraction of sp³-hybridized carbons (Fsp3) is 0.559. The number of rotatable bonds is 11. The minimum atomic E-state index is -1.54. The maximum absolute atomic E-state index is 13.9. The lowest BCUT2D eigenvalue weighted by Gasteiger charge is -2.29. The number of benzene rings is 2. The molecule has 0 spiro atoms. The van der Waals surface area contributed by atoms with Crippen molar-refractivity contribution in [2.75, 3.05) is 13.2 Å². The summed E-state index contributed by atoms with van der Waals surface area (Å²) >= 11 is 0. The summed E-state index contributed by atoms with van der Waals surface area (Å²) in [6, 6.07) is 8.40. The highest BCUT2D eigenvalue weighted by Crippen LogP contribution is 2.78. The molecule has 5 N–H and O–H groups in total. The van der Waals surface area contributed by atoms with Crippen LogP contribution in [0, 0.1) is 22.7 Å². The van der Waals surface area contributed by atoms with Gasteiger partial charge in [0.1, 0.15) is 23.9 Å². The number of hydrogen-bond donors (Lipinski definition) is 5. The zero-order chi connectivity index (χ0) is 31.8. The Labute approximate surface area is 258 Å². The van der Waals surface area contributed by atoms with Crippen LogP contribution in [0.1, 0.15) is 64.0 Å². The average molecular weight is 609 g/mol. The molecule has 3 fully saturated rings. The molecule has 1 saturated heterocycles. The minimum absolute atomic E-state index is 0.0584. The highest BCUT2D eigenvalue weighted by molar-refractivity contribution is 5.92. The Balaban J connectivity index is 1.23. The second-order valence-electron chi connectivity index (χ2n) is 13.5. The first kappa shape index (κ1) is 31.6. The van der Waals surface area contributed by atoms with Crippen molar-refractivity contribution in [3.63, 3.8) is 0 Å². The molecule has 2 aliphatic carbocycles. The summed E-state index contributed by atoms with van der Waals surface area (Å²) in [6.45, 7) is 7.66. The molecule has 2 aromatic carbocycles. The topological polar surface area (TPSA) is 157 Å². The number of aromatic hydroxyl groups is 3. The van der Waals surface area contributed by atoms with Gasteiger partial charge in [0.15, 0.2) is 11.5 Å². The third kappa shape index (κ3) is 6.22. The van der Waals surface area contributed by atoms with Crippen molar-refractivity contribution in [1.82, 2.24) is 10.2 Å². The molecule has 6 unspecified atom stereocenters. The van der Waals surface area contributed by atoms with Crippen LogP contribution in [0.15, 0.2) is 42.5 Å². The number of esters is 1. The molecule has 3 aliphatic rings. The van der Waals surface area contributed by atoms with Crippen molar-refractivity contribution in [2.24, 2.45) is 22.7 Å². The van der Waals surface area contributed by atoms with E-state index in [4.69, 9.17) is 4.74 Å². The minimum Gasteiger partial charge on any atom is -0.508 e. The van der Waals surface area contributed by atoms with Crippen LogP contribution >= 0.6 is 0 Å². The van der Waals surface area contributed by atoms with Gasteiger partial charge in [0, 0.05) is 19.4 Å². The summed E-state index contributed by atoms with van der Waals surface area (Å²) in [5.74, 6) is -1.13. The number of fused-ring (bicyclic) bond motifs is 1. The van der Waals surface area contributed by atoms with Crippen molar-refractivity contribution < 1.29 is 39.5 Å². The van der Waals surface area contributed by atoms with E-state index >= 15 is 0 Å². The average Bonchev–Trinajstić information content (AvgIpc) is 3.40. The van der Waals surface area contributed by atoms with Gasteiger partial charge >= 0.3 is 5.97 Å². The summed E-state index contributed by atoms with van der Waals surface area (Å²) in [4.78, 5) is 41.6. The van der Waals surface area contributed by atoms with E-state index in [0.717, 1.165) is 12.8 Å². The highest BCUT2D eigenvalue weighted by atomic mass is 16.5. The molecule has 2 saturated carbocycles. The van der Waals surface area contributed by atoms with Gasteiger partial charge in [-0.1, -0.05) is 39.0 Å². The molecule has 44 heavy (non-hydrogen) atoms. The Morgan fingerprint density at radius 3 is 2.34 bits per heavy atom. The fourth-order valence-electron chi connectivity index (χ4n) is 7.90. The first-order valence-electron chi connectivity index (χ1n) is 15.6. The van der Waals surface area contributed by atoms with E-state index in [-0.39, 0.29) is 30.1 Å². The third-order valence-electron chi connectivity index (χ3n) is 10.7. The van der Waals surface area contributed by atoms with Crippen molar-refractivity contribution in [3.05, 3.63) is 53.6 Å². The number of phenolic OH excluding ortho intramolecular Hbond substituents is 3. The Hall–Kier alpha value is -3.79. The Bertz CT molecular complexity index is 1390. The van der Waals surface area contributed by atoms with E-state index in [1.165, 1.54) is 41.7 Å². The van der Waals surface area contributed by atoms with Crippen LogP contribution in [0.2, 0.25) is 0 Å². The molecule has 0 radical (unpaired) electrons. The summed E-state index contributed by atoms with van der Waals surface area (Å²) in [5.41, 5.74) is 1.79. The van der Waals surface area contributed by atoms with Crippen LogP contribution in [0.4, 0.5) is 0 Å². The predicted molar refractivity (Wildman–Crippen MR) is 162 cm³/mol. The lowest BCUT2D eigenvalue weighted by atomic mass is 9.88. The maximum Gasteiger partial charge on any atom is 0.328 e. The quantitative estimate of drug-likeness (QED) is 0.192. The van der Waals surface area contributed by atoms with E-state index in [1.807, 2.05) is 0 Å². The van der Waals surface area contributed by atoms with E-state index in [0.29, 0.717) is 59.8 Å². The van der Waals surface area contributed by atoms with Crippen LogP contribution < -0.4 is 5.32 Å². The summed E-state index contributed by atoms with van der Waals surface area (Å²) in [5, 5.41) is 42.3. The molecule has 2 aromatic rings. The lowest BCUT2D eigenvalue weighted by Crippen LogP contribution is -2.54. The SMILES string of the molecule is CC1(C)C2C(CCOC(=O)C3CCCN3C(=O)C(Cc3ccc(O)cc3)NC(=O)C(O)Cc3ccc(O)c(O)c3)CCC21C. The molecule has 10 heteroatoms. The van der Waals surface area contributed by atoms with Gasteiger partial charge in [-0.15, -0.1) is 0 Å². The molecule has 10 nitrogen and oxygen atoms in total. The lowest BCUT2D eigenvalue weighted by molar-refractivity contribution is -0.154. The van der Waals surface area contributed by atoms with Gasteiger partial charge in [0.25, 0.3) is 0 Å². The first-order valence-corrected chi connectivity index (χ1v) is 15.6. The van der Waals surface area contributed by atoms with Crippen LogP contribution in [0.3, 0.4) is 0 Å². The Morgan fingerprint density at radius 2 is 1.68 bits per heavy atom. The van der Waals surface area contributed by atoms with Crippen molar-refractivity contribution >= 4 is 17.8 Å². The van der Waals surface area contributed by atoms with Crippen LogP contribution in [0.5, 0.6) is 17.2 Å². The molecule has 238 valence electrons. The first-order chi connectivity index (χ1) is 20.8.